The number of nitrogens with zero attached hydrogens (tertiary/aromatic N) is 1. The van der Waals surface area contributed by atoms with Gasteiger partial charge in [-0.25, -0.2) is 9.79 Å². The number of para-hydroxylation sites is 2. The fourth-order valence-corrected chi connectivity index (χ4v) is 3.52. The molecule has 3 N–H and O–H groups in total. The quantitative estimate of drug-likeness (QED) is 0.472. The van der Waals surface area contributed by atoms with Gasteiger partial charge < -0.3 is 20.7 Å². The Kier molecular flexibility index (Phi) is 7.02. The van der Waals surface area contributed by atoms with Crippen molar-refractivity contribution in [3.63, 3.8) is 0 Å². The molecule has 0 fully saturated rings. The SMILES string of the molecule is CCOC(=O)C1=C(C)Nc2ccccc2N=C1NC(=O)c1ccc(NC(=O)c2ccccc2)cc1. The van der Waals surface area contributed by atoms with E-state index in [1.807, 2.05) is 24.3 Å². The average molecular weight is 469 g/mol. The molecule has 3 aromatic rings. The lowest BCUT2D eigenvalue weighted by atomic mass is 10.1. The summed E-state index contributed by atoms with van der Waals surface area (Å²) >= 11 is 0. The number of anilines is 2. The van der Waals surface area contributed by atoms with E-state index in [0.29, 0.717) is 33.9 Å². The second-order valence-electron chi connectivity index (χ2n) is 7.67. The molecule has 1 heterocycles. The van der Waals surface area contributed by atoms with Crippen molar-refractivity contribution in [3.05, 3.63) is 101 Å². The van der Waals surface area contributed by atoms with Crippen LogP contribution in [0.25, 0.3) is 0 Å². The fraction of sp³-hybridized carbons (Fsp3) is 0.111. The summed E-state index contributed by atoms with van der Waals surface area (Å²) in [5.74, 6) is -1.21. The topological polar surface area (TPSA) is 109 Å². The second kappa shape index (κ2) is 10.5. The minimum Gasteiger partial charge on any atom is -0.462 e. The first kappa shape index (κ1) is 23.4. The molecule has 0 radical (unpaired) electrons. The van der Waals surface area contributed by atoms with Crippen LogP contribution in [0.4, 0.5) is 17.1 Å². The fourth-order valence-electron chi connectivity index (χ4n) is 3.52. The maximum absolute atomic E-state index is 13.1. The van der Waals surface area contributed by atoms with Crippen molar-refractivity contribution in [3.8, 4) is 0 Å². The lowest BCUT2D eigenvalue weighted by Gasteiger charge is -2.13. The van der Waals surface area contributed by atoms with Gasteiger partial charge in [-0.1, -0.05) is 30.3 Å². The summed E-state index contributed by atoms with van der Waals surface area (Å²) in [6.07, 6.45) is 0. The third-order valence-electron chi connectivity index (χ3n) is 5.22. The normalized spacial score (nSPS) is 12.5. The summed E-state index contributed by atoms with van der Waals surface area (Å²) in [7, 11) is 0. The van der Waals surface area contributed by atoms with Crippen molar-refractivity contribution in [2.45, 2.75) is 13.8 Å². The Hall–Kier alpha value is -4.72. The molecule has 176 valence electrons. The molecule has 0 aliphatic carbocycles. The van der Waals surface area contributed by atoms with E-state index >= 15 is 0 Å². The Balaban J connectivity index is 1.56. The molecule has 8 nitrogen and oxygen atoms in total. The van der Waals surface area contributed by atoms with E-state index in [0.717, 1.165) is 0 Å². The highest BCUT2D eigenvalue weighted by molar-refractivity contribution is 6.25. The summed E-state index contributed by atoms with van der Waals surface area (Å²) in [5.41, 5.74) is 3.33. The van der Waals surface area contributed by atoms with Crippen LogP contribution in [-0.2, 0) is 9.53 Å². The van der Waals surface area contributed by atoms with Gasteiger partial charge in [-0.05, 0) is 62.4 Å². The highest BCUT2D eigenvalue weighted by Gasteiger charge is 2.26. The third-order valence-corrected chi connectivity index (χ3v) is 5.22. The smallest absolute Gasteiger partial charge is 0.343 e. The number of amidine groups is 1. The highest BCUT2D eigenvalue weighted by Crippen LogP contribution is 2.30. The summed E-state index contributed by atoms with van der Waals surface area (Å²) in [5, 5.41) is 8.71. The minimum absolute atomic E-state index is 0.0878. The van der Waals surface area contributed by atoms with Crippen LogP contribution in [0.2, 0.25) is 0 Å². The average Bonchev–Trinajstić information content (AvgIpc) is 3.00. The molecule has 0 saturated heterocycles. The molecule has 3 aromatic carbocycles. The van der Waals surface area contributed by atoms with Crippen molar-refractivity contribution < 1.29 is 19.1 Å². The number of aliphatic imine (C=N–C) groups is 1. The molecule has 35 heavy (non-hydrogen) atoms. The Labute approximate surface area is 202 Å². The number of fused-ring (bicyclic) bond motifs is 1. The number of nitrogens with one attached hydrogen (secondary N) is 3. The summed E-state index contributed by atoms with van der Waals surface area (Å²) < 4.78 is 5.20. The summed E-state index contributed by atoms with van der Waals surface area (Å²) in [6, 6.07) is 22.5. The lowest BCUT2D eigenvalue weighted by Crippen LogP contribution is -2.35. The molecule has 0 unspecified atom stereocenters. The number of amides is 2. The molecule has 1 aliphatic heterocycles. The lowest BCUT2D eigenvalue weighted by molar-refractivity contribution is -0.137. The van der Waals surface area contributed by atoms with Crippen LogP contribution in [0, 0.1) is 0 Å². The molecule has 0 spiro atoms. The Morgan fingerprint density at radius 2 is 1.46 bits per heavy atom. The molecule has 4 rings (SSSR count). The van der Waals surface area contributed by atoms with Crippen molar-refractivity contribution in [1.82, 2.24) is 5.32 Å². The summed E-state index contributed by atoms with van der Waals surface area (Å²) in [4.78, 5) is 42.7. The molecule has 0 saturated carbocycles. The second-order valence-corrected chi connectivity index (χ2v) is 7.67. The Morgan fingerprint density at radius 1 is 0.829 bits per heavy atom. The molecular weight excluding hydrogens is 444 g/mol. The van der Waals surface area contributed by atoms with E-state index in [1.54, 1.807) is 68.4 Å². The van der Waals surface area contributed by atoms with Crippen molar-refractivity contribution in [1.29, 1.82) is 0 Å². The van der Waals surface area contributed by atoms with Gasteiger partial charge >= 0.3 is 5.97 Å². The zero-order valence-corrected chi connectivity index (χ0v) is 19.3. The van der Waals surface area contributed by atoms with Crippen LogP contribution in [0.5, 0.6) is 0 Å². The Bertz CT molecular complexity index is 1330. The number of benzene rings is 3. The highest BCUT2D eigenvalue weighted by atomic mass is 16.5. The molecule has 1 aliphatic rings. The van der Waals surface area contributed by atoms with Gasteiger partial charge in [0.05, 0.1) is 18.0 Å². The number of hydrogen-bond acceptors (Lipinski definition) is 6. The number of esters is 1. The number of carbonyl (C=O) groups is 3. The molecule has 2 amide bonds. The van der Waals surface area contributed by atoms with Crippen LogP contribution in [0.1, 0.15) is 34.6 Å². The first-order valence-corrected chi connectivity index (χ1v) is 11.1. The van der Waals surface area contributed by atoms with Gasteiger partial charge in [-0.15, -0.1) is 0 Å². The van der Waals surface area contributed by atoms with Gasteiger partial charge in [-0.2, -0.15) is 0 Å². The number of ether oxygens (including phenoxy) is 1. The molecule has 8 heteroatoms. The van der Waals surface area contributed by atoms with Gasteiger partial charge in [-0.3, -0.25) is 9.59 Å². The first-order chi connectivity index (χ1) is 17.0. The monoisotopic (exact) mass is 468 g/mol. The number of rotatable bonds is 5. The van der Waals surface area contributed by atoms with E-state index in [-0.39, 0.29) is 23.9 Å². The van der Waals surface area contributed by atoms with Crippen molar-refractivity contribution in [2.24, 2.45) is 4.99 Å². The first-order valence-electron chi connectivity index (χ1n) is 11.1. The minimum atomic E-state index is -0.594. The Morgan fingerprint density at radius 3 is 2.17 bits per heavy atom. The number of allylic oxidation sites excluding steroid dienone is 1. The zero-order chi connectivity index (χ0) is 24.8. The predicted molar refractivity (Wildman–Crippen MR) is 135 cm³/mol. The van der Waals surface area contributed by atoms with Gasteiger partial charge in [0.2, 0.25) is 0 Å². The zero-order valence-electron chi connectivity index (χ0n) is 19.3. The van der Waals surface area contributed by atoms with Gasteiger partial charge in [0.1, 0.15) is 11.4 Å². The van der Waals surface area contributed by atoms with Gasteiger partial charge in [0.15, 0.2) is 0 Å². The van der Waals surface area contributed by atoms with Crippen LogP contribution in [0.3, 0.4) is 0 Å². The molecule has 0 bridgehead atoms. The van der Waals surface area contributed by atoms with Crippen LogP contribution in [-0.4, -0.2) is 30.2 Å². The third kappa shape index (κ3) is 5.44. The maximum Gasteiger partial charge on any atom is 0.343 e. The van der Waals surface area contributed by atoms with E-state index in [2.05, 4.69) is 20.9 Å². The largest absolute Gasteiger partial charge is 0.462 e. The van der Waals surface area contributed by atoms with E-state index in [1.165, 1.54) is 0 Å². The van der Waals surface area contributed by atoms with Crippen molar-refractivity contribution in [2.75, 3.05) is 17.2 Å². The standard InChI is InChI=1S/C27H24N4O4/c1-3-35-27(34)23-17(2)28-21-11-7-8-12-22(21)30-24(23)31-26(33)19-13-15-20(16-14-19)29-25(32)18-9-5-4-6-10-18/h4-16,28H,3H2,1-2H3,(H,29,32)(H,30,31,33). The van der Waals surface area contributed by atoms with Gasteiger partial charge in [0, 0.05) is 22.5 Å². The maximum atomic E-state index is 13.1. The predicted octanol–water partition coefficient (Wildman–Crippen LogP) is 4.66. The molecular formula is C27H24N4O4. The van der Waals surface area contributed by atoms with E-state index < -0.39 is 11.9 Å². The number of carbonyl (C=O) groups excluding carboxylic acids is 3. The van der Waals surface area contributed by atoms with Crippen LogP contribution in [0.15, 0.2) is 95.1 Å². The van der Waals surface area contributed by atoms with Gasteiger partial charge in [0.25, 0.3) is 11.8 Å². The molecule has 0 atom stereocenters. The van der Waals surface area contributed by atoms with E-state index in [4.69, 9.17) is 4.74 Å². The summed E-state index contributed by atoms with van der Waals surface area (Å²) in [6.45, 7) is 3.61. The molecule has 0 aromatic heterocycles. The van der Waals surface area contributed by atoms with Crippen LogP contribution >= 0.6 is 0 Å². The van der Waals surface area contributed by atoms with E-state index in [9.17, 15) is 14.4 Å². The van der Waals surface area contributed by atoms with Crippen LogP contribution < -0.4 is 16.0 Å². The number of hydrogen-bond donors (Lipinski definition) is 3. The van der Waals surface area contributed by atoms with Crippen molar-refractivity contribution >= 4 is 40.7 Å².